The van der Waals surface area contributed by atoms with Gasteiger partial charge in [0.1, 0.15) is 23.1 Å². The van der Waals surface area contributed by atoms with Crippen LogP contribution in [0.25, 0.3) is 10.9 Å². The fraction of sp³-hybridized carbons (Fsp3) is 0.360. The molecule has 0 aliphatic carbocycles. The number of phenols is 1. The van der Waals surface area contributed by atoms with Gasteiger partial charge in [0, 0.05) is 36.1 Å². The second kappa shape index (κ2) is 8.53. The van der Waals surface area contributed by atoms with Crippen molar-refractivity contribution in [3.05, 3.63) is 59.3 Å². The van der Waals surface area contributed by atoms with E-state index in [9.17, 15) is 23.5 Å². The fourth-order valence-electron chi connectivity index (χ4n) is 5.26. The summed E-state index contributed by atoms with van der Waals surface area (Å²) in [5.41, 5.74) is 1.95. The van der Waals surface area contributed by atoms with Crippen molar-refractivity contribution in [3.8, 4) is 11.5 Å². The lowest BCUT2D eigenvalue weighted by Crippen LogP contribution is -2.53. The van der Waals surface area contributed by atoms with Crippen LogP contribution in [0.2, 0.25) is 0 Å². The zero-order chi connectivity index (χ0) is 24.9. The number of nitrogens with zero attached hydrogens (tertiary/aromatic N) is 2. The van der Waals surface area contributed by atoms with Gasteiger partial charge >= 0.3 is 6.03 Å². The molecule has 1 fully saturated rings. The molecule has 0 radical (unpaired) electrons. The van der Waals surface area contributed by atoms with Gasteiger partial charge in [-0.25, -0.2) is 13.6 Å². The Bertz CT molecular complexity index is 1310. The second-order valence-electron chi connectivity index (χ2n) is 9.08. The number of urea groups is 1. The Labute approximate surface area is 200 Å². The predicted molar refractivity (Wildman–Crippen MR) is 125 cm³/mol. The number of imide groups is 1. The number of fused-ring (bicyclic) bond motifs is 4. The van der Waals surface area contributed by atoms with Crippen molar-refractivity contribution in [2.75, 3.05) is 26.7 Å². The summed E-state index contributed by atoms with van der Waals surface area (Å²) in [7, 11) is 1.58. The van der Waals surface area contributed by atoms with Gasteiger partial charge in [-0.1, -0.05) is 12.1 Å². The first-order valence-corrected chi connectivity index (χ1v) is 11.4. The third-order valence-corrected chi connectivity index (χ3v) is 6.87. The van der Waals surface area contributed by atoms with E-state index in [0.29, 0.717) is 11.3 Å². The van der Waals surface area contributed by atoms with Gasteiger partial charge in [-0.2, -0.15) is 0 Å². The average Bonchev–Trinajstić information content (AvgIpc) is 3.27. The Morgan fingerprint density at radius 1 is 1.26 bits per heavy atom. The maximum absolute atomic E-state index is 13.6. The molecule has 1 aromatic heterocycles. The van der Waals surface area contributed by atoms with Gasteiger partial charge in [0.05, 0.1) is 13.7 Å². The molecular weight excluding hydrogens is 458 g/mol. The Morgan fingerprint density at radius 2 is 2.06 bits per heavy atom. The van der Waals surface area contributed by atoms with Gasteiger partial charge in [-0.3, -0.25) is 14.6 Å². The van der Waals surface area contributed by atoms with E-state index >= 15 is 0 Å². The van der Waals surface area contributed by atoms with Crippen molar-refractivity contribution >= 4 is 22.8 Å². The SMILES string of the molecule is COc1ccc2[nH]c3c(c2c1)C[C@@]1(C)C(=O)N(CCNCC(F)F)C(=O)N1[C@@H]3c1cccc(O)c1. The highest BCUT2D eigenvalue weighted by Gasteiger charge is 2.60. The smallest absolute Gasteiger partial charge is 0.328 e. The highest BCUT2D eigenvalue weighted by atomic mass is 19.3. The fourth-order valence-corrected chi connectivity index (χ4v) is 5.26. The highest BCUT2D eigenvalue weighted by molar-refractivity contribution is 6.08. The van der Waals surface area contributed by atoms with Crippen LogP contribution < -0.4 is 10.1 Å². The molecule has 3 aromatic rings. The van der Waals surface area contributed by atoms with Crippen molar-refractivity contribution in [1.82, 2.24) is 20.1 Å². The number of amides is 3. The Morgan fingerprint density at radius 3 is 2.77 bits per heavy atom. The summed E-state index contributed by atoms with van der Waals surface area (Å²) >= 11 is 0. The maximum atomic E-state index is 13.6. The summed E-state index contributed by atoms with van der Waals surface area (Å²) in [6, 6.07) is 11.1. The zero-order valence-electron chi connectivity index (χ0n) is 19.3. The van der Waals surface area contributed by atoms with Crippen molar-refractivity contribution in [3.63, 3.8) is 0 Å². The van der Waals surface area contributed by atoms with Gasteiger partial charge in [0.25, 0.3) is 12.3 Å². The Balaban J connectivity index is 1.61. The number of phenolic OH excluding ortho intramolecular Hbond substituents is 1. The lowest BCUT2D eigenvalue weighted by molar-refractivity contribution is -0.133. The quantitative estimate of drug-likeness (QED) is 0.353. The van der Waals surface area contributed by atoms with Crippen LogP contribution in [0.3, 0.4) is 0 Å². The number of aromatic amines is 1. The molecule has 2 aromatic carbocycles. The first-order valence-electron chi connectivity index (χ1n) is 11.4. The summed E-state index contributed by atoms with van der Waals surface area (Å²) in [4.78, 5) is 33.4. The number of methoxy groups -OCH3 is 1. The predicted octanol–water partition coefficient (Wildman–Crippen LogP) is 3.41. The number of ether oxygens (including phenoxy) is 1. The van der Waals surface area contributed by atoms with Crippen molar-refractivity contribution in [2.45, 2.75) is 31.4 Å². The minimum absolute atomic E-state index is 0.0221. The monoisotopic (exact) mass is 484 g/mol. The summed E-state index contributed by atoms with van der Waals surface area (Å²) in [6.07, 6.45) is -2.25. The number of nitrogens with one attached hydrogen (secondary N) is 2. The second-order valence-corrected chi connectivity index (χ2v) is 9.08. The number of aromatic nitrogens is 1. The van der Waals surface area contributed by atoms with Gasteiger partial charge in [-0.15, -0.1) is 0 Å². The number of carbonyl (C=O) groups excluding carboxylic acids is 2. The van der Waals surface area contributed by atoms with E-state index in [1.807, 2.05) is 18.2 Å². The molecule has 2 aliphatic rings. The van der Waals surface area contributed by atoms with Crippen LogP contribution in [0.15, 0.2) is 42.5 Å². The molecule has 3 amide bonds. The van der Waals surface area contributed by atoms with Crippen LogP contribution in [-0.4, -0.2) is 70.5 Å². The Hall–Kier alpha value is -3.66. The minimum Gasteiger partial charge on any atom is -0.508 e. The summed E-state index contributed by atoms with van der Waals surface area (Å²) < 4.78 is 30.4. The molecule has 8 nitrogen and oxygen atoms in total. The minimum atomic E-state index is -2.52. The molecule has 2 aliphatic heterocycles. The molecule has 3 N–H and O–H groups in total. The third kappa shape index (κ3) is 3.68. The lowest BCUT2D eigenvalue weighted by atomic mass is 9.81. The Kier molecular flexibility index (Phi) is 5.63. The van der Waals surface area contributed by atoms with E-state index in [2.05, 4.69) is 10.3 Å². The maximum Gasteiger partial charge on any atom is 0.328 e. The molecule has 3 heterocycles. The molecule has 5 rings (SSSR count). The summed E-state index contributed by atoms with van der Waals surface area (Å²) in [5, 5.41) is 13.7. The molecule has 1 saturated heterocycles. The molecule has 0 unspecified atom stereocenters. The largest absolute Gasteiger partial charge is 0.508 e. The molecular formula is C25H26F2N4O4. The molecule has 2 atom stereocenters. The number of hydrogen-bond acceptors (Lipinski definition) is 5. The number of alkyl halides is 2. The molecule has 184 valence electrons. The number of rotatable bonds is 7. The van der Waals surface area contributed by atoms with Crippen molar-refractivity contribution in [2.24, 2.45) is 0 Å². The van der Waals surface area contributed by atoms with E-state index in [0.717, 1.165) is 27.1 Å². The van der Waals surface area contributed by atoms with Crippen LogP contribution in [0.5, 0.6) is 11.5 Å². The lowest BCUT2D eigenvalue weighted by Gasteiger charge is -2.42. The van der Waals surface area contributed by atoms with Gasteiger partial charge in [-0.05, 0) is 48.4 Å². The number of carbonyl (C=O) groups is 2. The molecule has 10 heteroatoms. The van der Waals surface area contributed by atoms with Gasteiger partial charge < -0.3 is 20.1 Å². The number of benzene rings is 2. The molecule has 0 spiro atoms. The van der Waals surface area contributed by atoms with E-state index in [4.69, 9.17) is 4.74 Å². The van der Waals surface area contributed by atoms with Gasteiger partial charge in [0.2, 0.25) is 0 Å². The summed E-state index contributed by atoms with van der Waals surface area (Å²) in [6.45, 7) is 1.26. The van der Waals surface area contributed by atoms with Crippen LogP contribution in [0.1, 0.15) is 29.8 Å². The number of aromatic hydroxyl groups is 1. The molecule has 0 bridgehead atoms. The number of H-pyrrole nitrogens is 1. The first kappa shape index (κ1) is 23.1. The summed E-state index contributed by atoms with van der Waals surface area (Å²) in [5.74, 6) is 0.330. The topological polar surface area (TPSA) is 97.9 Å². The number of halogens is 2. The van der Waals surface area contributed by atoms with Crippen molar-refractivity contribution < 1.29 is 28.2 Å². The standard InChI is InChI=1S/C25H26F2N4O4/c1-25-12-18-17-11-16(35-2)6-7-19(17)29-21(18)22(14-4-3-5-15(32)10-14)31(25)24(34)30(23(25)33)9-8-28-13-20(26)27/h3-7,10-11,20,22,28-29,32H,8-9,12-13H2,1-2H3/t22-,25+/m1/s1. The van der Waals surface area contributed by atoms with Crippen molar-refractivity contribution in [1.29, 1.82) is 0 Å². The van der Waals surface area contributed by atoms with Crippen LogP contribution in [0, 0.1) is 0 Å². The normalized spacial score (nSPS) is 21.7. The van der Waals surface area contributed by atoms with E-state index < -0.39 is 30.6 Å². The highest BCUT2D eigenvalue weighted by Crippen LogP contribution is 2.49. The first-order chi connectivity index (χ1) is 16.7. The van der Waals surface area contributed by atoms with Crippen LogP contribution >= 0.6 is 0 Å². The van der Waals surface area contributed by atoms with Crippen LogP contribution in [0.4, 0.5) is 13.6 Å². The molecule has 0 saturated carbocycles. The van der Waals surface area contributed by atoms with Gasteiger partial charge in [0.15, 0.2) is 0 Å². The van der Waals surface area contributed by atoms with Crippen LogP contribution in [-0.2, 0) is 11.2 Å². The zero-order valence-corrected chi connectivity index (χ0v) is 19.3. The average molecular weight is 485 g/mol. The van der Waals surface area contributed by atoms with E-state index in [1.54, 1.807) is 43.2 Å². The molecule has 35 heavy (non-hydrogen) atoms. The van der Waals surface area contributed by atoms with E-state index in [1.165, 1.54) is 0 Å². The van der Waals surface area contributed by atoms with E-state index in [-0.39, 0.29) is 31.2 Å². The number of hydrogen-bond donors (Lipinski definition) is 3. The third-order valence-electron chi connectivity index (χ3n) is 6.87.